The number of pyridine rings is 1. The van der Waals surface area contributed by atoms with Crippen molar-refractivity contribution in [1.29, 1.82) is 0 Å². The van der Waals surface area contributed by atoms with E-state index in [9.17, 15) is 4.79 Å². The van der Waals surface area contributed by atoms with Gasteiger partial charge < -0.3 is 10.2 Å². The molecule has 1 aliphatic carbocycles. The first-order chi connectivity index (χ1) is 10.8. The average Bonchev–Trinajstić information content (AvgIpc) is 3.29. The van der Waals surface area contributed by atoms with Gasteiger partial charge in [0, 0.05) is 30.9 Å². The van der Waals surface area contributed by atoms with Crippen molar-refractivity contribution in [2.75, 3.05) is 0 Å². The topological polar surface area (TPSA) is 45.2 Å². The van der Waals surface area contributed by atoms with Crippen LogP contribution in [0.25, 0.3) is 0 Å². The van der Waals surface area contributed by atoms with E-state index in [4.69, 9.17) is 0 Å². The molecule has 1 fully saturated rings. The average molecular weight is 293 g/mol. The van der Waals surface area contributed by atoms with E-state index in [1.807, 2.05) is 35.2 Å². The van der Waals surface area contributed by atoms with Crippen LogP contribution in [-0.2, 0) is 19.6 Å². The van der Waals surface area contributed by atoms with Crippen LogP contribution in [0.3, 0.4) is 0 Å². The monoisotopic (exact) mass is 293 g/mol. The van der Waals surface area contributed by atoms with E-state index in [2.05, 4.69) is 16.4 Å². The number of hydrogen-bond donors (Lipinski definition) is 1. The van der Waals surface area contributed by atoms with Crippen LogP contribution in [0.15, 0.2) is 42.6 Å². The first-order valence-corrected chi connectivity index (χ1v) is 7.84. The molecule has 0 radical (unpaired) electrons. The Morgan fingerprint density at radius 3 is 2.82 bits per heavy atom. The van der Waals surface area contributed by atoms with Crippen LogP contribution in [0.5, 0.6) is 0 Å². The molecule has 2 heterocycles. The summed E-state index contributed by atoms with van der Waals surface area (Å²) in [6.07, 6.45) is 3.99. The van der Waals surface area contributed by atoms with Gasteiger partial charge in [-0.2, -0.15) is 0 Å². The molecule has 112 valence electrons. The predicted molar refractivity (Wildman–Crippen MR) is 84.1 cm³/mol. The quantitative estimate of drug-likeness (QED) is 0.942. The van der Waals surface area contributed by atoms with Crippen molar-refractivity contribution in [3.8, 4) is 0 Å². The molecular formula is C18H19N3O. The molecule has 0 spiro atoms. The third-order valence-corrected chi connectivity index (χ3v) is 4.39. The van der Waals surface area contributed by atoms with Crippen LogP contribution in [-0.4, -0.2) is 21.8 Å². The molecule has 4 nitrogen and oxygen atoms in total. The fourth-order valence-electron chi connectivity index (χ4n) is 3.01. The number of nitrogens with one attached hydrogen (secondary N) is 1. The van der Waals surface area contributed by atoms with Gasteiger partial charge in [-0.1, -0.05) is 12.1 Å². The summed E-state index contributed by atoms with van der Waals surface area (Å²) in [5.74, 6) is 0.128. The Hall–Kier alpha value is -2.20. The molecule has 1 aromatic heterocycles. The second-order valence-corrected chi connectivity index (χ2v) is 6.07. The Morgan fingerprint density at radius 2 is 2.05 bits per heavy atom. The minimum absolute atomic E-state index is 0.128. The van der Waals surface area contributed by atoms with Gasteiger partial charge in [-0.25, -0.2) is 0 Å². The van der Waals surface area contributed by atoms with Gasteiger partial charge in [0.1, 0.15) is 0 Å². The highest BCUT2D eigenvalue weighted by Gasteiger charge is 2.33. The predicted octanol–water partition coefficient (Wildman–Crippen LogP) is 2.49. The maximum atomic E-state index is 12.9. The number of carbonyl (C=O) groups excluding carboxylic acids is 1. The summed E-state index contributed by atoms with van der Waals surface area (Å²) in [7, 11) is 0. The lowest BCUT2D eigenvalue weighted by molar-refractivity contribution is 0.0727. The van der Waals surface area contributed by atoms with Crippen LogP contribution >= 0.6 is 0 Å². The summed E-state index contributed by atoms with van der Waals surface area (Å²) in [4.78, 5) is 19.2. The number of fused-ring (bicyclic) bond motifs is 1. The Labute approximate surface area is 130 Å². The van der Waals surface area contributed by atoms with Crippen molar-refractivity contribution >= 4 is 5.91 Å². The number of carbonyl (C=O) groups is 1. The minimum Gasteiger partial charge on any atom is -0.330 e. The SMILES string of the molecule is O=C(c1ccc2c(c1)CNC2)N(Cc1ccccn1)C1CC1. The number of aromatic nitrogens is 1. The highest BCUT2D eigenvalue weighted by molar-refractivity contribution is 5.95. The second-order valence-electron chi connectivity index (χ2n) is 6.07. The molecule has 2 aromatic rings. The van der Waals surface area contributed by atoms with E-state index in [-0.39, 0.29) is 5.91 Å². The molecule has 4 heteroatoms. The standard InChI is InChI=1S/C18H19N3O/c22-18(13-4-5-14-10-19-11-15(14)9-13)21(17-6-7-17)12-16-3-1-2-8-20-16/h1-5,8-9,17,19H,6-7,10-12H2. The van der Waals surface area contributed by atoms with Crippen LogP contribution < -0.4 is 5.32 Å². The van der Waals surface area contributed by atoms with Crippen LogP contribution in [0.1, 0.15) is 40.0 Å². The zero-order chi connectivity index (χ0) is 14.9. The van der Waals surface area contributed by atoms with Gasteiger partial charge in [0.05, 0.1) is 12.2 Å². The van der Waals surface area contributed by atoms with Crippen LogP contribution in [0, 0.1) is 0 Å². The van der Waals surface area contributed by atoms with E-state index in [0.717, 1.165) is 37.2 Å². The summed E-state index contributed by atoms with van der Waals surface area (Å²) < 4.78 is 0. The van der Waals surface area contributed by atoms with Gasteiger partial charge in [0.2, 0.25) is 0 Å². The van der Waals surface area contributed by atoms with E-state index in [1.165, 1.54) is 11.1 Å². The largest absolute Gasteiger partial charge is 0.330 e. The van der Waals surface area contributed by atoms with Gasteiger partial charge in [-0.05, 0) is 48.2 Å². The van der Waals surface area contributed by atoms with Gasteiger partial charge in [0.25, 0.3) is 5.91 Å². The highest BCUT2D eigenvalue weighted by Crippen LogP contribution is 2.30. The molecule has 1 amide bonds. The van der Waals surface area contributed by atoms with Gasteiger partial charge in [0.15, 0.2) is 0 Å². The number of hydrogen-bond acceptors (Lipinski definition) is 3. The van der Waals surface area contributed by atoms with Crippen molar-refractivity contribution in [2.24, 2.45) is 0 Å². The number of benzene rings is 1. The Balaban J connectivity index is 1.58. The molecule has 0 atom stereocenters. The maximum absolute atomic E-state index is 12.9. The molecule has 1 aliphatic heterocycles. The summed E-state index contributed by atoms with van der Waals surface area (Å²) in [5, 5.41) is 3.32. The molecule has 0 bridgehead atoms. The molecule has 1 saturated carbocycles. The first kappa shape index (κ1) is 13.5. The lowest BCUT2D eigenvalue weighted by Crippen LogP contribution is -2.33. The van der Waals surface area contributed by atoms with Crippen LogP contribution in [0.2, 0.25) is 0 Å². The minimum atomic E-state index is 0.128. The van der Waals surface area contributed by atoms with E-state index >= 15 is 0 Å². The molecule has 0 unspecified atom stereocenters. The smallest absolute Gasteiger partial charge is 0.254 e. The molecule has 22 heavy (non-hydrogen) atoms. The Bertz CT molecular complexity index is 695. The highest BCUT2D eigenvalue weighted by atomic mass is 16.2. The summed E-state index contributed by atoms with van der Waals surface area (Å²) in [6.45, 7) is 2.36. The molecule has 4 rings (SSSR count). The number of rotatable bonds is 4. The third-order valence-electron chi connectivity index (χ3n) is 4.39. The molecule has 2 aliphatic rings. The Kier molecular flexibility index (Phi) is 3.39. The number of nitrogens with zero attached hydrogens (tertiary/aromatic N) is 2. The zero-order valence-corrected chi connectivity index (χ0v) is 12.5. The van der Waals surface area contributed by atoms with E-state index < -0.39 is 0 Å². The molecule has 0 saturated heterocycles. The Morgan fingerprint density at radius 1 is 1.18 bits per heavy atom. The third kappa shape index (κ3) is 2.62. The van der Waals surface area contributed by atoms with Gasteiger partial charge in [-0.3, -0.25) is 9.78 Å². The van der Waals surface area contributed by atoms with Gasteiger partial charge >= 0.3 is 0 Å². The van der Waals surface area contributed by atoms with Crippen LogP contribution in [0.4, 0.5) is 0 Å². The van der Waals surface area contributed by atoms with E-state index in [1.54, 1.807) is 6.20 Å². The number of amides is 1. The molecular weight excluding hydrogens is 274 g/mol. The van der Waals surface area contributed by atoms with Gasteiger partial charge in [-0.15, -0.1) is 0 Å². The summed E-state index contributed by atoms with van der Waals surface area (Å²) in [6, 6.07) is 12.3. The maximum Gasteiger partial charge on any atom is 0.254 e. The fraction of sp³-hybridized carbons (Fsp3) is 0.333. The first-order valence-electron chi connectivity index (χ1n) is 7.84. The van der Waals surface area contributed by atoms with Crippen molar-refractivity contribution < 1.29 is 4.79 Å². The molecule has 1 aromatic carbocycles. The van der Waals surface area contributed by atoms with Crippen molar-refractivity contribution in [3.63, 3.8) is 0 Å². The summed E-state index contributed by atoms with van der Waals surface area (Å²) >= 11 is 0. The lowest BCUT2D eigenvalue weighted by atomic mass is 10.1. The fourth-order valence-corrected chi connectivity index (χ4v) is 3.01. The van der Waals surface area contributed by atoms with Crippen molar-refractivity contribution in [2.45, 2.75) is 38.5 Å². The normalized spacial score (nSPS) is 16.4. The molecule has 1 N–H and O–H groups in total. The second kappa shape index (κ2) is 5.54. The van der Waals surface area contributed by atoms with Crippen molar-refractivity contribution in [1.82, 2.24) is 15.2 Å². The zero-order valence-electron chi connectivity index (χ0n) is 12.5. The van der Waals surface area contributed by atoms with E-state index in [0.29, 0.717) is 12.6 Å². The summed E-state index contributed by atoms with van der Waals surface area (Å²) in [5.41, 5.74) is 4.30. The lowest BCUT2D eigenvalue weighted by Gasteiger charge is -2.22. The van der Waals surface area contributed by atoms with Crippen molar-refractivity contribution in [3.05, 3.63) is 65.0 Å².